The van der Waals surface area contributed by atoms with Crippen LogP contribution in [-0.4, -0.2) is 30.5 Å². The Morgan fingerprint density at radius 2 is 1.92 bits per heavy atom. The number of rotatable bonds is 3. The maximum Gasteiger partial charge on any atom is 0.488 e. The smallest absolute Gasteiger partial charge is 0.423 e. The molecule has 0 unspecified atom stereocenters. The first-order valence-electron chi connectivity index (χ1n) is 3.76. The van der Waals surface area contributed by atoms with E-state index in [9.17, 15) is 0 Å². The first kappa shape index (κ1) is 9.76. The van der Waals surface area contributed by atoms with Crippen molar-refractivity contribution in [1.29, 1.82) is 0 Å². The van der Waals surface area contributed by atoms with Crippen LogP contribution in [0.3, 0.4) is 0 Å². The van der Waals surface area contributed by atoms with Gasteiger partial charge in [0.2, 0.25) is 0 Å². The summed E-state index contributed by atoms with van der Waals surface area (Å²) in [6.07, 6.45) is 1.54. The van der Waals surface area contributed by atoms with Gasteiger partial charge < -0.3 is 14.9 Å². The first-order chi connectivity index (χ1) is 6.24. The van der Waals surface area contributed by atoms with Gasteiger partial charge in [-0.05, 0) is 11.0 Å². The number of oxime groups is 1. The summed E-state index contributed by atoms with van der Waals surface area (Å²) >= 11 is 0. The molecule has 0 saturated carbocycles. The second kappa shape index (κ2) is 4.64. The van der Waals surface area contributed by atoms with Gasteiger partial charge in [-0.3, -0.25) is 0 Å². The highest BCUT2D eigenvalue weighted by molar-refractivity contribution is 6.58. The molecule has 0 aliphatic heterocycles. The van der Waals surface area contributed by atoms with Crippen molar-refractivity contribution in [1.82, 2.24) is 0 Å². The summed E-state index contributed by atoms with van der Waals surface area (Å²) in [5, 5.41) is 21.1. The second-order valence-electron chi connectivity index (χ2n) is 2.46. The van der Waals surface area contributed by atoms with Gasteiger partial charge in [0.05, 0.1) is 6.21 Å². The molecule has 0 aromatic heterocycles. The molecule has 0 radical (unpaired) electrons. The molecule has 0 spiro atoms. The minimum absolute atomic E-state index is 0.453. The maximum atomic E-state index is 8.79. The van der Waals surface area contributed by atoms with Crippen molar-refractivity contribution in [3.63, 3.8) is 0 Å². The van der Waals surface area contributed by atoms with Crippen molar-refractivity contribution in [2.75, 3.05) is 7.11 Å². The van der Waals surface area contributed by atoms with E-state index in [0.29, 0.717) is 5.46 Å². The average Bonchev–Trinajstić information content (AvgIpc) is 2.15. The lowest BCUT2D eigenvalue weighted by atomic mass is 9.80. The molecular formula is C8H10BNO3. The van der Waals surface area contributed by atoms with Crippen molar-refractivity contribution in [2.45, 2.75) is 0 Å². The predicted molar refractivity (Wildman–Crippen MR) is 50.9 cm³/mol. The van der Waals surface area contributed by atoms with Crippen LogP contribution in [0.4, 0.5) is 0 Å². The average molecular weight is 179 g/mol. The fourth-order valence-electron chi connectivity index (χ4n) is 0.868. The van der Waals surface area contributed by atoms with E-state index in [4.69, 9.17) is 10.0 Å². The Morgan fingerprint density at radius 3 is 2.38 bits per heavy atom. The lowest BCUT2D eigenvalue weighted by Gasteiger charge is -1.98. The highest BCUT2D eigenvalue weighted by atomic mass is 16.6. The Kier molecular flexibility index (Phi) is 3.48. The van der Waals surface area contributed by atoms with E-state index in [1.807, 2.05) is 0 Å². The summed E-state index contributed by atoms with van der Waals surface area (Å²) < 4.78 is 0. The van der Waals surface area contributed by atoms with E-state index in [-0.39, 0.29) is 0 Å². The predicted octanol–water partition coefficient (Wildman–Crippen LogP) is -0.653. The van der Waals surface area contributed by atoms with E-state index in [2.05, 4.69) is 9.99 Å². The molecule has 0 heterocycles. The fraction of sp³-hybridized carbons (Fsp3) is 0.125. The largest absolute Gasteiger partial charge is 0.488 e. The van der Waals surface area contributed by atoms with Crippen molar-refractivity contribution in [3.05, 3.63) is 29.8 Å². The first-order valence-corrected chi connectivity index (χ1v) is 3.76. The zero-order valence-electron chi connectivity index (χ0n) is 7.21. The SMILES string of the molecule is CO/N=C/c1ccc(B(O)O)cc1. The third-order valence-corrected chi connectivity index (χ3v) is 1.54. The Balaban J connectivity index is 2.75. The minimum Gasteiger partial charge on any atom is -0.423 e. The van der Waals surface area contributed by atoms with Gasteiger partial charge in [0.15, 0.2) is 0 Å². The van der Waals surface area contributed by atoms with Crippen molar-refractivity contribution >= 4 is 18.8 Å². The molecule has 0 amide bonds. The molecule has 0 atom stereocenters. The maximum absolute atomic E-state index is 8.79. The van der Waals surface area contributed by atoms with Crippen LogP contribution in [0.5, 0.6) is 0 Å². The quantitative estimate of drug-likeness (QED) is 0.368. The Hall–Kier alpha value is -1.33. The fourth-order valence-corrected chi connectivity index (χ4v) is 0.868. The summed E-state index contributed by atoms with van der Waals surface area (Å²) in [7, 11) is 0.0379. The highest BCUT2D eigenvalue weighted by Gasteiger charge is 2.08. The lowest BCUT2D eigenvalue weighted by Crippen LogP contribution is -2.29. The zero-order chi connectivity index (χ0) is 9.68. The third-order valence-electron chi connectivity index (χ3n) is 1.54. The van der Waals surface area contributed by atoms with Crippen molar-refractivity contribution in [3.8, 4) is 0 Å². The van der Waals surface area contributed by atoms with E-state index in [1.165, 1.54) is 13.3 Å². The van der Waals surface area contributed by atoms with Gasteiger partial charge in [-0.25, -0.2) is 0 Å². The van der Waals surface area contributed by atoms with Gasteiger partial charge >= 0.3 is 7.12 Å². The van der Waals surface area contributed by atoms with Gasteiger partial charge in [-0.2, -0.15) is 0 Å². The molecule has 0 aliphatic carbocycles. The zero-order valence-corrected chi connectivity index (χ0v) is 7.21. The van der Waals surface area contributed by atoms with Crippen molar-refractivity contribution in [2.24, 2.45) is 5.16 Å². The summed E-state index contributed by atoms with van der Waals surface area (Å²) in [4.78, 5) is 4.49. The molecule has 5 heteroatoms. The van der Waals surface area contributed by atoms with Crippen LogP contribution >= 0.6 is 0 Å². The Labute approximate surface area is 76.6 Å². The number of nitrogens with zero attached hydrogens (tertiary/aromatic N) is 1. The van der Waals surface area contributed by atoms with Crippen LogP contribution in [-0.2, 0) is 4.84 Å². The molecule has 0 aliphatic rings. The van der Waals surface area contributed by atoms with Crippen LogP contribution in [0.15, 0.2) is 29.4 Å². The Morgan fingerprint density at radius 1 is 1.31 bits per heavy atom. The van der Waals surface area contributed by atoms with E-state index in [1.54, 1.807) is 24.3 Å². The number of hydrogen-bond acceptors (Lipinski definition) is 4. The highest BCUT2D eigenvalue weighted by Crippen LogP contribution is 1.93. The van der Waals surface area contributed by atoms with Crippen LogP contribution in [0.25, 0.3) is 0 Å². The molecule has 1 rings (SSSR count). The topological polar surface area (TPSA) is 62.0 Å². The number of benzene rings is 1. The lowest BCUT2D eigenvalue weighted by molar-refractivity contribution is 0.215. The van der Waals surface area contributed by atoms with Crippen LogP contribution in [0, 0.1) is 0 Å². The molecule has 1 aromatic rings. The Bertz CT molecular complexity index is 284. The van der Waals surface area contributed by atoms with Gasteiger partial charge in [0.25, 0.3) is 0 Å². The van der Waals surface area contributed by atoms with E-state index >= 15 is 0 Å². The molecule has 68 valence electrons. The minimum atomic E-state index is -1.42. The molecule has 2 N–H and O–H groups in total. The molecular weight excluding hydrogens is 169 g/mol. The molecule has 0 saturated heterocycles. The monoisotopic (exact) mass is 179 g/mol. The van der Waals surface area contributed by atoms with Crippen LogP contribution in [0.1, 0.15) is 5.56 Å². The molecule has 0 fully saturated rings. The summed E-state index contributed by atoms with van der Waals surface area (Å²) in [6.45, 7) is 0. The summed E-state index contributed by atoms with van der Waals surface area (Å²) in [6, 6.07) is 6.66. The number of hydrogen-bond donors (Lipinski definition) is 2. The second-order valence-corrected chi connectivity index (χ2v) is 2.46. The molecule has 13 heavy (non-hydrogen) atoms. The van der Waals surface area contributed by atoms with Gasteiger partial charge in [0.1, 0.15) is 7.11 Å². The third kappa shape index (κ3) is 2.89. The molecule has 4 nitrogen and oxygen atoms in total. The van der Waals surface area contributed by atoms with E-state index in [0.717, 1.165) is 5.56 Å². The van der Waals surface area contributed by atoms with E-state index < -0.39 is 7.12 Å². The molecule has 0 bridgehead atoms. The summed E-state index contributed by atoms with van der Waals surface area (Å²) in [5.41, 5.74) is 1.29. The van der Waals surface area contributed by atoms with Gasteiger partial charge in [0, 0.05) is 0 Å². The van der Waals surface area contributed by atoms with Crippen molar-refractivity contribution < 1.29 is 14.9 Å². The van der Waals surface area contributed by atoms with Gasteiger partial charge in [-0.1, -0.05) is 29.4 Å². The standard InChI is InChI=1S/C8H10BNO3/c1-13-10-6-7-2-4-8(5-3-7)9(11)12/h2-6,11-12H,1H3/b10-6+. The van der Waals surface area contributed by atoms with Gasteiger partial charge in [-0.15, -0.1) is 0 Å². The van der Waals surface area contributed by atoms with Crippen LogP contribution in [0.2, 0.25) is 0 Å². The molecule has 1 aromatic carbocycles. The summed E-state index contributed by atoms with van der Waals surface area (Å²) in [5.74, 6) is 0. The normalized spacial score (nSPS) is 10.4. The van der Waals surface area contributed by atoms with Crippen LogP contribution < -0.4 is 5.46 Å².